The average Bonchev–Trinajstić information content (AvgIpc) is 3.18. The summed E-state index contributed by atoms with van der Waals surface area (Å²) >= 11 is 1.47. The first-order chi connectivity index (χ1) is 16.7. The van der Waals surface area contributed by atoms with Gasteiger partial charge in [-0.3, -0.25) is 9.69 Å². The standard InChI is InChI=1S/C28H34N2O3S/c1-4-18-33-26-21(13-11-17-24(26)32-3)19-25-27(31)30(22-14-7-6-8-15-22)28(34-25)29-23-16-10-9-12-20(23)5-2/h9-13,16-17,19,22H,4-8,14-15,18H2,1-3H3/b25-19+,29-28?. The summed E-state index contributed by atoms with van der Waals surface area (Å²) in [6.07, 6.45) is 9.33. The Morgan fingerprint density at radius 3 is 2.62 bits per heavy atom. The maximum absolute atomic E-state index is 13.7. The lowest BCUT2D eigenvalue weighted by Crippen LogP contribution is -2.40. The van der Waals surface area contributed by atoms with Crippen molar-refractivity contribution in [3.63, 3.8) is 0 Å². The molecule has 0 atom stereocenters. The van der Waals surface area contributed by atoms with Crippen LogP contribution in [0.5, 0.6) is 11.5 Å². The molecule has 4 rings (SSSR count). The van der Waals surface area contributed by atoms with Crippen LogP contribution in [0.4, 0.5) is 5.69 Å². The second kappa shape index (κ2) is 11.6. The molecule has 1 amide bonds. The van der Waals surface area contributed by atoms with Gasteiger partial charge in [-0.15, -0.1) is 0 Å². The summed E-state index contributed by atoms with van der Waals surface area (Å²) in [7, 11) is 1.64. The molecule has 2 fully saturated rings. The zero-order valence-electron chi connectivity index (χ0n) is 20.4. The van der Waals surface area contributed by atoms with E-state index in [1.807, 2.05) is 47.4 Å². The van der Waals surface area contributed by atoms with Gasteiger partial charge < -0.3 is 9.47 Å². The van der Waals surface area contributed by atoms with Crippen LogP contribution >= 0.6 is 11.8 Å². The summed E-state index contributed by atoms with van der Waals surface area (Å²) in [6, 6.07) is 14.2. The van der Waals surface area contributed by atoms with Crippen LogP contribution in [-0.4, -0.2) is 35.7 Å². The molecule has 1 saturated heterocycles. The molecule has 2 aromatic rings. The number of hydrogen-bond donors (Lipinski definition) is 0. The Bertz CT molecular complexity index is 1070. The van der Waals surface area contributed by atoms with Gasteiger partial charge in [-0.05, 0) is 61.2 Å². The minimum Gasteiger partial charge on any atom is -0.493 e. The summed E-state index contributed by atoms with van der Waals surface area (Å²) in [5.74, 6) is 1.39. The highest BCUT2D eigenvalue weighted by molar-refractivity contribution is 8.18. The molecule has 0 aromatic heterocycles. The summed E-state index contributed by atoms with van der Waals surface area (Å²) in [6.45, 7) is 4.80. The van der Waals surface area contributed by atoms with Gasteiger partial charge >= 0.3 is 0 Å². The molecule has 0 radical (unpaired) electrons. The first kappa shape index (κ1) is 24.4. The van der Waals surface area contributed by atoms with Gasteiger partial charge in [-0.1, -0.05) is 63.4 Å². The van der Waals surface area contributed by atoms with Gasteiger partial charge in [0.2, 0.25) is 0 Å². The topological polar surface area (TPSA) is 51.1 Å². The normalized spacial score (nSPS) is 19.3. The molecule has 1 aliphatic heterocycles. The summed E-state index contributed by atoms with van der Waals surface area (Å²) in [5, 5.41) is 0.781. The van der Waals surface area contributed by atoms with Gasteiger partial charge in [0.25, 0.3) is 5.91 Å². The van der Waals surface area contributed by atoms with Gasteiger partial charge in [0.15, 0.2) is 16.7 Å². The van der Waals surface area contributed by atoms with Crippen LogP contribution in [0, 0.1) is 0 Å². The smallest absolute Gasteiger partial charge is 0.267 e. The van der Waals surface area contributed by atoms with Crippen molar-refractivity contribution < 1.29 is 14.3 Å². The van der Waals surface area contributed by atoms with E-state index >= 15 is 0 Å². The molecule has 1 saturated carbocycles. The SMILES string of the molecule is CCCOc1c(/C=C2/SC(=Nc3ccccc3CC)N(C3CCCCC3)C2=O)cccc1OC. The van der Waals surface area contributed by atoms with E-state index in [0.717, 1.165) is 54.9 Å². The van der Waals surface area contributed by atoms with E-state index in [-0.39, 0.29) is 11.9 Å². The fourth-order valence-electron chi connectivity index (χ4n) is 4.55. The number of methoxy groups -OCH3 is 1. The molecule has 2 aromatic carbocycles. The number of aliphatic imine (C=N–C) groups is 1. The quantitative estimate of drug-likeness (QED) is 0.384. The minimum absolute atomic E-state index is 0.0360. The Balaban J connectivity index is 1.75. The molecule has 0 spiro atoms. The predicted molar refractivity (Wildman–Crippen MR) is 141 cm³/mol. The maximum atomic E-state index is 13.7. The van der Waals surface area contributed by atoms with E-state index < -0.39 is 0 Å². The third-order valence-corrected chi connectivity index (χ3v) is 7.31. The summed E-state index contributed by atoms with van der Waals surface area (Å²) in [4.78, 5) is 21.4. The number of aryl methyl sites for hydroxylation is 1. The van der Waals surface area contributed by atoms with Crippen LogP contribution in [0.1, 0.15) is 63.5 Å². The minimum atomic E-state index is 0.0360. The van der Waals surface area contributed by atoms with Crippen LogP contribution in [0.15, 0.2) is 52.4 Å². The Morgan fingerprint density at radius 2 is 1.88 bits per heavy atom. The fourth-order valence-corrected chi connectivity index (χ4v) is 5.60. The lowest BCUT2D eigenvalue weighted by molar-refractivity contribution is -0.124. The number of benzene rings is 2. The lowest BCUT2D eigenvalue weighted by Gasteiger charge is -2.30. The van der Waals surface area contributed by atoms with Crippen molar-refractivity contribution in [3.8, 4) is 11.5 Å². The monoisotopic (exact) mass is 478 g/mol. The number of hydrogen-bond acceptors (Lipinski definition) is 5. The van der Waals surface area contributed by atoms with Gasteiger partial charge in [-0.2, -0.15) is 0 Å². The molecule has 0 unspecified atom stereocenters. The molecule has 6 heteroatoms. The number of nitrogens with zero attached hydrogens (tertiary/aromatic N) is 2. The fraction of sp³-hybridized carbons (Fsp3) is 0.429. The third kappa shape index (κ3) is 5.33. The average molecular weight is 479 g/mol. The summed E-state index contributed by atoms with van der Waals surface area (Å²) < 4.78 is 11.6. The number of thioether (sulfide) groups is 1. The second-order valence-electron chi connectivity index (χ2n) is 8.68. The van der Waals surface area contributed by atoms with Crippen LogP contribution in [-0.2, 0) is 11.2 Å². The Morgan fingerprint density at radius 1 is 1.09 bits per heavy atom. The molecular weight excluding hydrogens is 444 g/mol. The van der Waals surface area contributed by atoms with Gasteiger partial charge in [0.1, 0.15) is 0 Å². The van der Waals surface area contributed by atoms with Crippen molar-refractivity contribution in [2.45, 2.75) is 64.8 Å². The van der Waals surface area contributed by atoms with Crippen LogP contribution < -0.4 is 9.47 Å². The van der Waals surface area contributed by atoms with Crippen molar-refractivity contribution in [3.05, 3.63) is 58.5 Å². The molecular formula is C28H34N2O3S. The number of para-hydroxylation sites is 2. The molecule has 1 heterocycles. The van der Waals surface area contributed by atoms with Gasteiger partial charge in [-0.25, -0.2) is 4.99 Å². The highest BCUT2D eigenvalue weighted by Crippen LogP contribution is 2.41. The van der Waals surface area contributed by atoms with E-state index in [0.29, 0.717) is 23.0 Å². The molecule has 1 aliphatic carbocycles. The van der Waals surface area contributed by atoms with E-state index in [2.05, 4.69) is 19.9 Å². The zero-order chi connectivity index (χ0) is 23.9. The number of ether oxygens (including phenoxy) is 2. The van der Waals surface area contributed by atoms with Crippen molar-refractivity contribution in [1.82, 2.24) is 4.90 Å². The largest absolute Gasteiger partial charge is 0.493 e. The van der Waals surface area contributed by atoms with Crippen LogP contribution in [0.2, 0.25) is 0 Å². The highest BCUT2D eigenvalue weighted by atomic mass is 32.2. The first-order valence-electron chi connectivity index (χ1n) is 12.4. The molecule has 34 heavy (non-hydrogen) atoms. The van der Waals surface area contributed by atoms with Gasteiger partial charge in [0, 0.05) is 11.6 Å². The zero-order valence-corrected chi connectivity index (χ0v) is 21.2. The second-order valence-corrected chi connectivity index (χ2v) is 9.69. The van der Waals surface area contributed by atoms with E-state index in [1.54, 1.807) is 7.11 Å². The number of amidine groups is 1. The first-order valence-corrected chi connectivity index (χ1v) is 13.2. The molecule has 5 nitrogen and oxygen atoms in total. The van der Waals surface area contributed by atoms with Gasteiger partial charge in [0.05, 0.1) is 24.3 Å². The Hall–Kier alpha value is -2.73. The number of carbonyl (C=O) groups excluding carboxylic acids is 1. The molecule has 2 aliphatic rings. The number of amides is 1. The Labute approximate surface area is 207 Å². The van der Waals surface area contributed by atoms with Crippen LogP contribution in [0.25, 0.3) is 6.08 Å². The lowest BCUT2D eigenvalue weighted by atomic mass is 9.94. The Kier molecular flexibility index (Phi) is 8.33. The number of rotatable bonds is 8. The van der Waals surface area contributed by atoms with Crippen molar-refractivity contribution in [2.75, 3.05) is 13.7 Å². The summed E-state index contributed by atoms with van der Waals surface area (Å²) in [5.41, 5.74) is 2.98. The van der Waals surface area contributed by atoms with Crippen molar-refractivity contribution >= 4 is 34.6 Å². The molecule has 0 N–H and O–H groups in total. The predicted octanol–water partition coefficient (Wildman–Crippen LogP) is 6.98. The van der Waals surface area contributed by atoms with Crippen LogP contribution in [0.3, 0.4) is 0 Å². The third-order valence-electron chi connectivity index (χ3n) is 6.33. The van der Waals surface area contributed by atoms with E-state index in [9.17, 15) is 4.79 Å². The van der Waals surface area contributed by atoms with E-state index in [1.165, 1.54) is 23.7 Å². The van der Waals surface area contributed by atoms with Crippen molar-refractivity contribution in [2.24, 2.45) is 4.99 Å². The number of carbonyl (C=O) groups is 1. The molecule has 180 valence electrons. The van der Waals surface area contributed by atoms with E-state index in [4.69, 9.17) is 14.5 Å². The maximum Gasteiger partial charge on any atom is 0.267 e. The molecule has 0 bridgehead atoms. The van der Waals surface area contributed by atoms with Crippen molar-refractivity contribution in [1.29, 1.82) is 0 Å². The highest BCUT2D eigenvalue weighted by Gasteiger charge is 2.39.